The summed E-state index contributed by atoms with van der Waals surface area (Å²) in [6, 6.07) is 0.0766. The van der Waals surface area contributed by atoms with Gasteiger partial charge in [-0.15, -0.1) is 11.3 Å². The van der Waals surface area contributed by atoms with Crippen LogP contribution in [0.2, 0.25) is 0 Å². The molecule has 0 aromatic carbocycles. The fourth-order valence-electron chi connectivity index (χ4n) is 2.37. The second-order valence-electron chi connectivity index (χ2n) is 5.17. The van der Waals surface area contributed by atoms with Crippen LogP contribution in [0.3, 0.4) is 0 Å². The first-order valence-electron chi connectivity index (χ1n) is 6.59. The fourth-order valence-corrected chi connectivity index (χ4v) is 3.36. The molecule has 0 radical (unpaired) electrons. The summed E-state index contributed by atoms with van der Waals surface area (Å²) in [5.74, 6) is 0.728. The molecule has 1 unspecified atom stereocenters. The van der Waals surface area contributed by atoms with E-state index in [0.717, 1.165) is 49.3 Å². The summed E-state index contributed by atoms with van der Waals surface area (Å²) >= 11 is 1.72. The van der Waals surface area contributed by atoms with Crippen molar-refractivity contribution in [2.75, 3.05) is 31.7 Å². The molecule has 1 saturated heterocycles. The third kappa shape index (κ3) is 3.22. The molecule has 0 aliphatic carbocycles. The van der Waals surface area contributed by atoms with E-state index in [-0.39, 0.29) is 6.04 Å². The number of aryl methyl sites for hydroxylation is 1. The largest absolute Gasteiger partial charge is 0.381 e. The fraction of sp³-hybridized carbons (Fsp3) is 0.769. The maximum atomic E-state index is 5.95. The second-order valence-corrected chi connectivity index (χ2v) is 6.18. The minimum absolute atomic E-state index is 0.0766. The lowest BCUT2D eigenvalue weighted by molar-refractivity contribution is 0.0685. The lowest BCUT2D eigenvalue weighted by Crippen LogP contribution is -2.29. The Kier molecular flexibility index (Phi) is 4.59. The number of anilines is 1. The Balaban J connectivity index is 1.99. The molecule has 5 heteroatoms. The van der Waals surface area contributed by atoms with Crippen LogP contribution in [0.25, 0.3) is 0 Å². The molecule has 1 atom stereocenters. The van der Waals surface area contributed by atoms with Crippen molar-refractivity contribution in [2.24, 2.45) is 11.7 Å². The number of nitrogens with two attached hydrogens (primary N) is 1. The molecule has 1 aliphatic rings. The van der Waals surface area contributed by atoms with Crippen molar-refractivity contribution in [3.63, 3.8) is 0 Å². The van der Waals surface area contributed by atoms with Gasteiger partial charge in [-0.1, -0.05) is 0 Å². The van der Waals surface area contributed by atoms with Gasteiger partial charge in [-0.05, 0) is 32.6 Å². The Morgan fingerprint density at radius 3 is 2.72 bits per heavy atom. The van der Waals surface area contributed by atoms with Crippen molar-refractivity contribution in [1.29, 1.82) is 0 Å². The standard InChI is InChI=1S/C13H23N3OS/c1-9(14)12-10(2)15-13(18-12)16(3)8-11-4-6-17-7-5-11/h9,11H,4-8,14H2,1-3H3. The monoisotopic (exact) mass is 269 g/mol. The average Bonchev–Trinajstić information content (AvgIpc) is 2.73. The van der Waals surface area contributed by atoms with Gasteiger partial charge in [0.05, 0.1) is 5.69 Å². The van der Waals surface area contributed by atoms with Gasteiger partial charge in [-0.2, -0.15) is 0 Å². The van der Waals surface area contributed by atoms with Gasteiger partial charge in [0, 0.05) is 37.7 Å². The molecule has 2 rings (SSSR count). The summed E-state index contributed by atoms with van der Waals surface area (Å²) in [6.07, 6.45) is 2.32. The lowest BCUT2D eigenvalue weighted by atomic mass is 10.0. The molecule has 1 aliphatic heterocycles. The van der Waals surface area contributed by atoms with Crippen molar-refractivity contribution in [2.45, 2.75) is 32.7 Å². The summed E-state index contributed by atoms with van der Waals surface area (Å²) in [7, 11) is 2.12. The Morgan fingerprint density at radius 1 is 1.50 bits per heavy atom. The summed E-state index contributed by atoms with van der Waals surface area (Å²) in [6.45, 7) is 6.93. The van der Waals surface area contributed by atoms with E-state index in [1.54, 1.807) is 11.3 Å². The summed E-state index contributed by atoms with van der Waals surface area (Å²) in [5, 5.41) is 1.09. The molecular weight excluding hydrogens is 246 g/mol. The van der Waals surface area contributed by atoms with E-state index < -0.39 is 0 Å². The number of nitrogens with zero attached hydrogens (tertiary/aromatic N) is 2. The third-order valence-electron chi connectivity index (χ3n) is 3.43. The molecule has 1 aromatic rings. The highest BCUT2D eigenvalue weighted by Crippen LogP contribution is 2.30. The van der Waals surface area contributed by atoms with Gasteiger partial charge < -0.3 is 15.4 Å². The molecule has 0 saturated carbocycles. The molecule has 18 heavy (non-hydrogen) atoms. The summed E-state index contributed by atoms with van der Waals surface area (Å²) in [4.78, 5) is 8.09. The van der Waals surface area contributed by atoms with Gasteiger partial charge in [0.25, 0.3) is 0 Å². The Bertz CT molecular complexity index is 386. The number of hydrogen-bond acceptors (Lipinski definition) is 5. The second kappa shape index (κ2) is 5.99. The molecule has 102 valence electrons. The molecule has 0 bridgehead atoms. The molecule has 4 nitrogen and oxygen atoms in total. The van der Waals surface area contributed by atoms with Crippen molar-refractivity contribution in [1.82, 2.24) is 4.98 Å². The van der Waals surface area contributed by atoms with Crippen LogP contribution in [-0.2, 0) is 4.74 Å². The zero-order chi connectivity index (χ0) is 13.1. The van der Waals surface area contributed by atoms with E-state index in [1.807, 2.05) is 13.8 Å². The molecule has 0 amide bonds. The first-order chi connectivity index (χ1) is 8.58. The highest BCUT2D eigenvalue weighted by atomic mass is 32.1. The SMILES string of the molecule is Cc1nc(N(C)CC2CCOCC2)sc1C(C)N. The quantitative estimate of drug-likeness (QED) is 0.911. The maximum Gasteiger partial charge on any atom is 0.185 e. The number of aromatic nitrogens is 1. The topological polar surface area (TPSA) is 51.4 Å². The number of ether oxygens (including phenoxy) is 1. The van der Waals surface area contributed by atoms with Crippen molar-refractivity contribution < 1.29 is 4.74 Å². The van der Waals surface area contributed by atoms with Gasteiger partial charge >= 0.3 is 0 Å². The third-order valence-corrected chi connectivity index (χ3v) is 4.91. The van der Waals surface area contributed by atoms with Gasteiger partial charge in [0.15, 0.2) is 5.13 Å². The molecule has 0 spiro atoms. The van der Waals surface area contributed by atoms with Crippen LogP contribution in [0.1, 0.15) is 36.4 Å². The van der Waals surface area contributed by atoms with E-state index in [0.29, 0.717) is 0 Å². The Morgan fingerprint density at radius 2 is 2.17 bits per heavy atom. The van der Waals surface area contributed by atoms with Crippen LogP contribution in [0.4, 0.5) is 5.13 Å². The van der Waals surface area contributed by atoms with E-state index >= 15 is 0 Å². The average molecular weight is 269 g/mol. The minimum Gasteiger partial charge on any atom is -0.381 e. The van der Waals surface area contributed by atoms with Crippen LogP contribution < -0.4 is 10.6 Å². The number of thiazole rings is 1. The highest BCUT2D eigenvalue weighted by molar-refractivity contribution is 7.15. The van der Waals surface area contributed by atoms with Crippen LogP contribution in [-0.4, -0.2) is 31.8 Å². The summed E-state index contributed by atoms with van der Waals surface area (Å²) < 4.78 is 5.39. The summed E-state index contributed by atoms with van der Waals surface area (Å²) in [5.41, 5.74) is 7.02. The number of hydrogen-bond donors (Lipinski definition) is 1. The van der Waals surface area contributed by atoms with Crippen LogP contribution >= 0.6 is 11.3 Å². The van der Waals surface area contributed by atoms with Crippen LogP contribution in [0.5, 0.6) is 0 Å². The van der Waals surface area contributed by atoms with Gasteiger partial charge in [-0.3, -0.25) is 0 Å². The maximum absolute atomic E-state index is 5.95. The zero-order valence-electron chi connectivity index (χ0n) is 11.5. The van der Waals surface area contributed by atoms with Gasteiger partial charge in [0.2, 0.25) is 0 Å². The van der Waals surface area contributed by atoms with Crippen molar-refractivity contribution >= 4 is 16.5 Å². The predicted octanol–water partition coefficient (Wildman–Crippen LogP) is 2.33. The predicted molar refractivity (Wildman–Crippen MR) is 76.3 cm³/mol. The van der Waals surface area contributed by atoms with E-state index in [9.17, 15) is 0 Å². The van der Waals surface area contributed by atoms with Crippen LogP contribution in [0, 0.1) is 12.8 Å². The van der Waals surface area contributed by atoms with Gasteiger partial charge in [0.1, 0.15) is 0 Å². The lowest BCUT2D eigenvalue weighted by Gasteiger charge is -2.26. The van der Waals surface area contributed by atoms with E-state index in [2.05, 4.69) is 16.9 Å². The number of rotatable bonds is 4. The molecular formula is C13H23N3OS. The minimum atomic E-state index is 0.0766. The van der Waals surface area contributed by atoms with E-state index in [1.165, 1.54) is 4.88 Å². The van der Waals surface area contributed by atoms with Crippen LogP contribution in [0.15, 0.2) is 0 Å². The molecule has 2 N–H and O–H groups in total. The highest BCUT2D eigenvalue weighted by Gasteiger charge is 2.19. The Labute approximate surface area is 113 Å². The zero-order valence-corrected chi connectivity index (χ0v) is 12.3. The smallest absolute Gasteiger partial charge is 0.185 e. The molecule has 1 aromatic heterocycles. The first-order valence-corrected chi connectivity index (χ1v) is 7.41. The van der Waals surface area contributed by atoms with Crippen molar-refractivity contribution in [3.05, 3.63) is 10.6 Å². The normalized spacial score (nSPS) is 18.9. The molecule has 2 heterocycles. The molecule has 1 fully saturated rings. The Hall–Kier alpha value is -0.650. The van der Waals surface area contributed by atoms with Crippen molar-refractivity contribution in [3.8, 4) is 0 Å². The van der Waals surface area contributed by atoms with E-state index in [4.69, 9.17) is 10.5 Å². The first kappa shape index (κ1) is 13.8. The van der Waals surface area contributed by atoms with Gasteiger partial charge in [-0.25, -0.2) is 4.98 Å².